The van der Waals surface area contributed by atoms with E-state index >= 15 is 0 Å². The van der Waals surface area contributed by atoms with Crippen molar-refractivity contribution >= 4 is 34.9 Å². The van der Waals surface area contributed by atoms with Gasteiger partial charge in [0.25, 0.3) is 0 Å². The predicted octanol–water partition coefficient (Wildman–Crippen LogP) is 3.56. The minimum atomic E-state index is -0.608. The number of methoxy groups -OCH3 is 1. The number of hydrogen-bond acceptors (Lipinski definition) is 6. The van der Waals surface area contributed by atoms with Gasteiger partial charge in [0.15, 0.2) is 0 Å². The van der Waals surface area contributed by atoms with Crippen molar-refractivity contribution < 1.29 is 19.1 Å². The molecule has 0 aromatic carbocycles. The molecule has 2 N–H and O–H groups in total. The van der Waals surface area contributed by atoms with Crippen LogP contribution in [0.3, 0.4) is 0 Å². The molecule has 9 heteroatoms. The summed E-state index contributed by atoms with van der Waals surface area (Å²) in [7, 11) is 3.42. The maximum atomic E-state index is 12.1. The molecule has 2 amide bonds. The molecule has 3 aromatic rings. The molecule has 29 heavy (non-hydrogen) atoms. The normalized spacial score (nSPS) is 11.2. The molecule has 3 aromatic heterocycles. The molecule has 0 fully saturated rings. The summed E-state index contributed by atoms with van der Waals surface area (Å²) in [6.45, 7) is 5.38. The smallest absolute Gasteiger partial charge is 0.412 e. The van der Waals surface area contributed by atoms with Crippen molar-refractivity contribution in [2.75, 3.05) is 17.7 Å². The van der Waals surface area contributed by atoms with Crippen LogP contribution in [0.5, 0.6) is 5.88 Å². The van der Waals surface area contributed by atoms with Gasteiger partial charge in [-0.3, -0.25) is 10.1 Å². The van der Waals surface area contributed by atoms with E-state index in [4.69, 9.17) is 9.47 Å². The zero-order chi connectivity index (χ0) is 21.2. The highest BCUT2D eigenvalue weighted by Crippen LogP contribution is 2.34. The molecular weight excluding hydrogens is 374 g/mol. The Bertz CT molecular complexity index is 1070. The van der Waals surface area contributed by atoms with Crippen molar-refractivity contribution in [2.45, 2.75) is 26.4 Å². The number of ether oxygens (including phenoxy) is 2. The lowest BCUT2D eigenvalue weighted by Crippen LogP contribution is -2.27. The van der Waals surface area contributed by atoms with Gasteiger partial charge >= 0.3 is 6.09 Å². The Labute approximate surface area is 168 Å². The van der Waals surface area contributed by atoms with Crippen LogP contribution in [0.25, 0.3) is 22.2 Å². The van der Waals surface area contributed by atoms with Crippen LogP contribution in [0.2, 0.25) is 0 Å². The van der Waals surface area contributed by atoms with Crippen LogP contribution in [-0.4, -0.2) is 39.7 Å². The monoisotopic (exact) mass is 397 g/mol. The fourth-order valence-electron chi connectivity index (χ4n) is 2.92. The Hall–Kier alpha value is -3.62. The number of hydrogen-bond donors (Lipinski definition) is 2. The molecule has 152 valence electrons. The van der Waals surface area contributed by atoms with Crippen LogP contribution in [0.15, 0.2) is 30.6 Å². The molecule has 0 spiro atoms. The van der Waals surface area contributed by atoms with Crippen LogP contribution in [0.4, 0.5) is 16.3 Å². The van der Waals surface area contributed by atoms with Crippen molar-refractivity contribution in [1.82, 2.24) is 14.5 Å². The molecule has 0 unspecified atom stereocenters. The summed E-state index contributed by atoms with van der Waals surface area (Å²) in [4.78, 5) is 31.3. The van der Waals surface area contributed by atoms with Crippen LogP contribution in [-0.2, 0) is 16.6 Å². The first kappa shape index (κ1) is 20.1. The number of nitrogens with zero attached hydrogens (tertiary/aromatic N) is 3. The maximum absolute atomic E-state index is 12.1. The Balaban J connectivity index is 2.01. The molecule has 0 bridgehead atoms. The van der Waals surface area contributed by atoms with Crippen molar-refractivity contribution in [1.29, 1.82) is 0 Å². The van der Waals surface area contributed by atoms with Crippen LogP contribution < -0.4 is 15.4 Å². The summed E-state index contributed by atoms with van der Waals surface area (Å²) < 4.78 is 12.6. The average Bonchev–Trinajstić information content (AvgIpc) is 2.96. The van der Waals surface area contributed by atoms with Gasteiger partial charge in [0.1, 0.15) is 11.4 Å². The van der Waals surface area contributed by atoms with Gasteiger partial charge in [0.05, 0.1) is 42.0 Å². The number of nitrogens with one attached hydrogen (secondary N) is 2. The second-order valence-corrected chi connectivity index (χ2v) is 7.39. The quantitative estimate of drug-likeness (QED) is 0.638. The zero-order valence-corrected chi connectivity index (χ0v) is 16.9. The summed E-state index contributed by atoms with van der Waals surface area (Å²) >= 11 is 0. The fourth-order valence-corrected chi connectivity index (χ4v) is 2.92. The molecule has 0 saturated carbocycles. The number of fused-ring (bicyclic) bond motifs is 1. The minimum Gasteiger partial charge on any atom is -0.481 e. The first-order valence-electron chi connectivity index (χ1n) is 8.92. The van der Waals surface area contributed by atoms with E-state index in [2.05, 4.69) is 20.6 Å². The lowest BCUT2D eigenvalue weighted by molar-refractivity contribution is -0.105. The summed E-state index contributed by atoms with van der Waals surface area (Å²) in [5.41, 5.74) is 2.22. The first-order chi connectivity index (χ1) is 13.7. The number of carbonyl (C=O) groups excluding carboxylic acids is 2. The highest BCUT2D eigenvalue weighted by molar-refractivity contribution is 5.91. The second kappa shape index (κ2) is 7.78. The number of amides is 2. The fraction of sp³-hybridized carbons (Fsp3) is 0.300. The van der Waals surface area contributed by atoms with E-state index < -0.39 is 11.7 Å². The van der Waals surface area contributed by atoms with Crippen molar-refractivity contribution in [3.05, 3.63) is 30.6 Å². The number of anilines is 2. The maximum Gasteiger partial charge on any atom is 0.412 e. The molecule has 3 rings (SSSR count). The molecule has 9 nitrogen and oxygen atoms in total. The molecule has 0 aliphatic rings. The van der Waals surface area contributed by atoms with Crippen molar-refractivity contribution in [3.63, 3.8) is 0 Å². The number of aromatic nitrogens is 3. The van der Waals surface area contributed by atoms with E-state index in [-0.39, 0.29) is 0 Å². The van der Waals surface area contributed by atoms with Crippen molar-refractivity contribution in [2.24, 2.45) is 7.05 Å². The highest BCUT2D eigenvalue weighted by Gasteiger charge is 2.19. The molecule has 0 atom stereocenters. The van der Waals surface area contributed by atoms with Crippen LogP contribution >= 0.6 is 0 Å². The molecule has 0 saturated heterocycles. The van der Waals surface area contributed by atoms with E-state index in [1.807, 2.05) is 17.7 Å². The lowest BCUT2D eigenvalue weighted by Gasteiger charge is -2.20. The van der Waals surface area contributed by atoms with E-state index in [0.29, 0.717) is 29.4 Å². The van der Waals surface area contributed by atoms with E-state index in [1.165, 1.54) is 13.3 Å². The lowest BCUT2D eigenvalue weighted by atomic mass is 10.1. The van der Waals surface area contributed by atoms with Gasteiger partial charge in [-0.05, 0) is 39.0 Å². The molecular formula is C20H23N5O4. The van der Waals surface area contributed by atoms with Gasteiger partial charge in [-0.25, -0.2) is 14.8 Å². The topological polar surface area (TPSA) is 107 Å². The average molecular weight is 397 g/mol. The highest BCUT2D eigenvalue weighted by atomic mass is 16.6. The third-order valence-corrected chi connectivity index (χ3v) is 4.10. The third kappa shape index (κ3) is 4.45. The third-order valence-electron chi connectivity index (χ3n) is 4.10. The second-order valence-electron chi connectivity index (χ2n) is 7.39. The van der Waals surface area contributed by atoms with Gasteiger partial charge in [0.2, 0.25) is 12.3 Å². The van der Waals surface area contributed by atoms with E-state index in [1.54, 1.807) is 39.1 Å². The standard InChI is InChI=1S/C20H23N5O4/c1-20(2,3)29-19(27)24-13-8-14(18(28-5)22-9-13)15-6-12-7-17(23-11-26)21-10-16(12)25(15)4/h6-11H,1-5H3,(H,24,27)(H,21,23,26). The van der Waals surface area contributed by atoms with Gasteiger partial charge in [-0.2, -0.15) is 0 Å². The van der Waals surface area contributed by atoms with Gasteiger partial charge in [0, 0.05) is 12.4 Å². The van der Waals surface area contributed by atoms with Crippen LogP contribution in [0, 0.1) is 0 Å². The Morgan fingerprint density at radius 1 is 1.17 bits per heavy atom. The number of carbonyl (C=O) groups is 2. The van der Waals surface area contributed by atoms with Crippen LogP contribution in [0.1, 0.15) is 20.8 Å². The molecule has 0 radical (unpaired) electrons. The first-order valence-corrected chi connectivity index (χ1v) is 8.92. The largest absolute Gasteiger partial charge is 0.481 e. The Morgan fingerprint density at radius 2 is 1.93 bits per heavy atom. The molecule has 3 heterocycles. The predicted molar refractivity (Wildman–Crippen MR) is 110 cm³/mol. The van der Waals surface area contributed by atoms with Crippen molar-refractivity contribution in [3.8, 4) is 17.1 Å². The Morgan fingerprint density at radius 3 is 2.59 bits per heavy atom. The van der Waals surface area contributed by atoms with Gasteiger partial charge in [-0.15, -0.1) is 0 Å². The molecule has 0 aliphatic carbocycles. The summed E-state index contributed by atoms with van der Waals surface area (Å²) in [6, 6.07) is 5.47. The summed E-state index contributed by atoms with van der Waals surface area (Å²) in [6.07, 6.45) is 3.19. The number of pyridine rings is 2. The summed E-state index contributed by atoms with van der Waals surface area (Å²) in [5, 5.41) is 6.11. The van der Waals surface area contributed by atoms with E-state index in [0.717, 1.165) is 16.6 Å². The SMILES string of the molecule is COc1ncc(NC(=O)OC(C)(C)C)cc1-c1cc2cc(NC=O)ncc2n1C. The zero-order valence-electron chi connectivity index (χ0n) is 16.9. The number of aryl methyl sites for hydroxylation is 1. The van der Waals surface area contributed by atoms with Gasteiger partial charge < -0.3 is 19.4 Å². The minimum absolute atomic E-state index is 0.407. The Kier molecular flexibility index (Phi) is 5.40. The molecule has 0 aliphatic heterocycles. The van der Waals surface area contributed by atoms with Gasteiger partial charge in [-0.1, -0.05) is 0 Å². The van der Waals surface area contributed by atoms with E-state index in [9.17, 15) is 9.59 Å². The summed E-state index contributed by atoms with van der Waals surface area (Å²) in [5.74, 6) is 0.861. The number of rotatable bonds is 5.